The molecule has 0 saturated carbocycles. The minimum atomic E-state index is -0.300. The van der Waals surface area contributed by atoms with Crippen LogP contribution < -0.4 is 10.4 Å². The molecule has 1 aliphatic rings. The van der Waals surface area contributed by atoms with Crippen LogP contribution in [0.3, 0.4) is 0 Å². The van der Waals surface area contributed by atoms with Gasteiger partial charge in [-0.05, 0) is 31.5 Å². The van der Waals surface area contributed by atoms with Crippen molar-refractivity contribution >= 4 is 16.7 Å². The molecule has 1 aromatic carbocycles. The van der Waals surface area contributed by atoms with Gasteiger partial charge in [-0.1, -0.05) is 17.7 Å². The van der Waals surface area contributed by atoms with Gasteiger partial charge in [0.15, 0.2) is 0 Å². The van der Waals surface area contributed by atoms with Gasteiger partial charge in [-0.25, -0.2) is 0 Å². The van der Waals surface area contributed by atoms with Gasteiger partial charge >= 0.3 is 0 Å². The summed E-state index contributed by atoms with van der Waals surface area (Å²) < 4.78 is 1.10. The molecule has 1 aromatic heterocycles. The molecule has 1 fully saturated rings. The zero-order chi connectivity index (χ0) is 16.6. The second-order valence-electron chi connectivity index (χ2n) is 6.00. The maximum atomic E-state index is 12.8. The third-order valence-electron chi connectivity index (χ3n) is 4.33. The number of benzene rings is 1. The minimum absolute atomic E-state index is 0.167. The molecule has 0 spiro atoms. The molecule has 6 nitrogen and oxygen atoms in total. The Morgan fingerprint density at radius 1 is 1.13 bits per heavy atom. The Balaban J connectivity index is 2.08. The number of amides is 1. The number of carbonyl (C=O) groups is 1. The second-order valence-corrected chi connectivity index (χ2v) is 6.00. The van der Waals surface area contributed by atoms with Gasteiger partial charge in [0.05, 0.1) is 5.39 Å². The summed E-state index contributed by atoms with van der Waals surface area (Å²) in [5, 5.41) is 1.31. The Morgan fingerprint density at radius 2 is 1.83 bits per heavy atom. The van der Waals surface area contributed by atoms with E-state index < -0.39 is 0 Å². The second kappa shape index (κ2) is 6.04. The largest absolute Gasteiger partial charge is 0.413 e. The highest BCUT2D eigenvalue weighted by Gasteiger charge is 2.24. The zero-order valence-corrected chi connectivity index (χ0v) is 13.7. The van der Waals surface area contributed by atoms with Crippen LogP contribution in [0.5, 0.6) is 0 Å². The highest BCUT2D eigenvalue weighted by atomic mass is 16.7. The number of pyridine rings is 1. The van der Waals surface area contributed by atoms with E-state index in [2.05, 4.69) is 4.90 Å². The molecule has 0 aliphatic carbocycles. The Morgan fingerprint density at radius 3 is 2.48 bits per heavy atom. The van der Waals surface area contributed by atoms with Gasteiger partial charge in [0.2, 0.25) is 0 Å². The van der Waals surface area contributed by atoms with Crippen LogP contribution in [0.1, 0.15) is 16.1 Å². The fourth-order valence-electron chi connectivity index (χ4n) is 2.91. The monoisotopic (exact) mass is 315 g/mol. The van der Waals surface area contributed by atoms with E-state index in [9.17, 15) is 9.59 Å². The van der Waals surface area contributed by atoms with Crippen LogP contribution in [0.2, 0.25) is 0 Å². The van der Waals surface area contributed by atoms with Gasteiger partial charge < -0.3 is 14.6 Å². The van der Waals surface area contributed by atoms with Crippen LogP contribution >= 0.6 is 0 Å². The standard InChI is InChI=1S/C17H21N3O3/c1-12-4-5-13-11-15(20(23-3)16(21)14(13)10-12)17(22)19-8-6-18(2)7-9-19/h4-5,10-11H,6-9H2,1-3H3. The minimum Gasteiger partial charge on any atom is -0.413 e. The number of piperazine rings is 1. The summed E-state index contributed by atoms with van der Waals surface area (Å²) in [7, 11) is 3.44. The third kappa shape index (κ3) is 2.82. The van der Waals surface area contributed by atoms with Crippen molar-refractivity contribution in [3.63, 3.8) is 0 Å². The first-order valence-electron chi connectivity index (χ1n) is 7.70. The van der Waals surface area contributed by atoms with E-state index in [1.165, 1.54) is 7.11 Å². The average molecular weight is 315 g/mol. The van der Waals surface area contributed by atoms with Crippen molar-refractivity contribution in [3.05, 3.63) is 45.9 Å². The molecule has 2 heterocycles. The first kappa shape index (κ1) is 15.6. The van der Waals surface area contributed by atoms with Gasteiger partial charge in [-0.2, -0.15) is 0 Å². The number of carbonyl (C=O) groups excluding carboxylic acids is 1. The normalized spacial score (nSPS) is 15.9. The Kier molecular flexibility index (Phi) is 4.09. The number of fused-ring (bicyclic) bond motifs is 1. The lowest BCUT2D eigenvalue weighted by molar-refractivity contribution is 0.0604. The number of likely N-dealkylation sites (N-methyl/N-ethyl adjacent to an activating group) is 1. The molecular formula is C17H21N3O3. The van der Waals surface area contributed by atoms with Crippen LogP contribution in [0.25, 0.3) is 10.8 Å². The molecule has 0 atom stereocenters. The summed E-state index contributed by atoms with van der Waals surface area (Å²) in [5.41, 5.74) is 0.972. The Hall–Kier alpha value is -2.34. The first-order chi connectivity index (χ1) is 11.0. The predicted octanol–water partition coefficient (Wildman–Crippen LogP) is 0.756. The van der Waals surface area contributed by atoms with Gasteiger partial charge in [0, 0.05) is 26.2 Å². The van der Waals surface area contributed by atoms with E-state index in [0.29, 0.717) is 18.5 Å². The van der Waals surface area contributed by atoms with Crippen LogP contribution in [0.15, 0.2) is 29.1 Å². The van der Waals surface area contributed by atoms with Gasteiger partial charge in [0.25, 0.3) is 11.5 Å². The van der Waals surface area contributed by atoms with Crippen LogP contribution in [0.4, 0.5) is 0 Å². The van der Waals surface area contributed by atoms with Gasteiger partial charge in [0.1, 0.15) is 12.8 Å². The summed E-state index contributed by atoms with van der Waals surface area (Å²) in [6, 6.07) is 7.35. The van der Waals surface area contributed by atoms with E-state index in [1.54, 1.807) is 11.0 Å². The molecule has 0 bridgehead atoms. The zero-order valence-electron chi connectivity index (χ0n) is 13.7. The molecule has 1 saturated heterocycles. The average Bonchev–Trinajstić information content (AvgIpc) is 2.55. The highest BCUT2D eigenvalue weighted by molar-refractivity contribution is 5.96. The molecule has 1 amide bonds. The van der Waals surface area contributed by atoms with E-state index in [1.807, 2.05) is 32.2 Å². The van der Waals surface area contributed by atoms with Crippen molar-refractivity contribution in [2.75, 3.05) is 40.3 Å². The lowest BCUT2D eigenvalue weighted by Gasteiger charge is -2.32. The van der Waals surface area contributed by atoms with Crippen molar-refractivity contribution in [2.45, 2.75) is 6.92 Å². The lowest BCUT2D eigenvalue weighted by atomic mass is 10.1. The summed E-state index contributed by atoms with van der Waals surface area (Å²) in [6.45, 7) is 4.89. The number of rotatable bonds is 2. The van der Waals surface area contributed by atoms with E-state index >= 15 is 0 Å². The van der Waals surface area contributed by atoms with Crippen molar-refractivity contribution < 1.29 is 9.63 Å². The van der Waals surface area contributed by atoms with Crippen LogP contribution in [-0.4, -0.2) is 60.8 Å². The molecule has 122 valence electrons. The molecule has 1 aliphatic heterocycles. The molecule has 23 heavy (non-hydrogen) atoms. The summed E-state index contributed by atoms with van der Waals surface area (Å²) in [5.74, 6) is -0.167. The number of nitrogens with zero attached hydrogens (tertiary/aromatic N) is 3. The molecule has 6 heteroatoms. The van der Waals surface area contributed by atoms with Crippen LogP contribution in [-0.2, 0) is 0 Å². The Labute approximate surface area is 134 Å². The predicted molar refractivity (Wildman–Crippen MR) is 88.8 cm³/mol. The SMILES string of the molecule is COn1c(C(=O)N2CCN(C)CC2)cc2ccc(C)cc2c1=O. The Bertz CT molecular complexity index is 805. The quantitative estimate of drug-likeness (QED) is 0.821. The van der Waals surface area contributed by atoms with Crippen molar-refractivity contribution in [3.8, 4) is 0 Å². The molecule has 0 unspecified atom stereocenters. The maximum absolute atomic E-state index is 12.8. The van der Waals surface area contributed by atoms with E-state index in [4.69, 9.17) is 4.84 Å². The van der Waals surface area contributed by atoms with Crippen molar-refractivity contribution in [2.24, 2.45) is 0 Å². The summed E-state index contributed by atoms with van der Waals surface area (Å²) in [6.07, 6.45) is 0. The van der Waals surface area contributed by atoms with Crippen molar-refractivity contribution in [1.82, 2.24) is 14.5 Å². The summed E-state index contributed by atoms with van der Waals surface area (Å²) in [4.78, 5) is 34.6. The van der Waals surface area contributed by atoms with Crippen molar-refractivity contribution in [1.29, 1.82) is 0 Å². The number of hydrogen-bond acceptors (Lipinski definition) is 4. The third-order valence-corrected chi connectivity index (χ3v) is 4.33. The maximum Gasteiger partial charge on any atom is 0.291 e. The fourth-order valence-corrected chi connectivity index (χ4v) is 2.91. The number of hydrogen-bond donors (Lipinski definition) is 0. The summed E-state index contributed by atoms with van der Waals surface area (Å²) >= 11 is 0. The molecule has 2 aromatic rings. The lowest BCUT2D eigenvalue weighted by Crippen LogP contribution is -2.48. The molecule has 0 radical (unpaired) electrons. The molecule has 0 N–H and O–H groups in total. The van der Waals surface area contributed by atoms with E-state index in [0.717, 1.165) is 28.8 Å². The highest BCUT2D eigenvalue weighted by Crippen LogP contribution is 2.16. The topological polar surface area (TPSA) is 54.8 Å². The van der Waals surface area contributed by atoms with Crippen LogP contribution in [0, 0.1) is 6.92 Å². The first-order valence-corrected chi connectivity index (χ1v) is 7.70. The smallest absolute Gasteiger partial charge is 0.291 e. The van der Waals surface area contributed by atoms with Gasteiger partial charge in [-0.3, -0.25) is 9.59 Å². The van der Waals surface area contributed by atoms with E-state index in [-0.39, 0.29) is 17.2 Å². The molecule has 3 rings (SSSR count). The number of aryl methyl sites for hydroxylation is 1. The number of aromatic nitrogens is 1. The fraction of sp³-hybridized carbons (Fsp3) is 0.412. The van der Waals surface area contributed by atoms with Gasteiger partial charge in [-0.15, -0.1) is 4.73 Å². The molecular weight excluding hydrogens is 294 g/mol.